The number of benzene rings is 2. The number of hydrogen-bond donors (Lipinski definition) is 0. The molecule has 1 saturated heterocycles. The van der Waals surface area contributed by atoms with Crippen LogP contribution in [0.2, 0.25) is 0 Å². The lowest BCUT2D eigenvalue weighted by atomic mass is 10.1. The lowest BCUT2D eigenvalue weighted by molar-refractivity contribution is 0.0532. The fourth-order valence-electron chi connectivity index (χ4n) is 3.30. The quantitative estimate of drug-likeness (QED) is 0.635. The van der Waals surface area contributed by atoms with Gasteiger partial charge in [0.15, 0.2) is 5.43 Å². The van der Waals surface area contributed by atoms with Crippen molar-refractivity contribution in [3.8, 4) is 0 Å². The van der Waals surface area contributed by atoms with Crippen LogP contribution in [-0.4, -0.2) is 25.8 Å². The Balaban J connectivity index is 1.89. The summed E-state index contributed by atoms with van der Waals surface area (Å²) in [7, 11) is 0. The van der Waals surface area contributed by atoms with Crippen LogP contribution in [0.5, 0.6) is 0 Å². The van der Waals surface area contributed by atoms with Crippen molar-refractivity contribution in [1.29, 1.82) is 0 Å². The third-order valence-electron chi connectivity index (χ3n) is 4.50. The average Bonchev–Trinajstić information content (AvgIpc) is 2.54. The first-order valence-corrected chi connectivity index (χ1v) is 8.78. The van der Waals surface area contributed by atoms with Crippen LogP contribution >= 0.6 is 11.3 Å². The van der Waals surface area contributed by atoms with E-state index >= 15 is 0 Å². The molecular formula is C19H19NO2S. The van der Waals surface area contributed by atoms with Crippen LogP contribution in [-0.2, 0) is 4.74 Å². The zero-order chi connectivity index (χ0) is 16.0. The predicted octanol–water partition coefficient (Wildman–Crippen LogP) is 3.95. The molecule has 3 aromatic rings. The van der Waals surface area contributed by atoms with E-state index in [1.165, 1.54) is 5.69 Å². The highest BCUT2D eigenvalue weighted by molar-refractivity contribution is 7.24. The molecule has 23 heavy (non-hydrogen) atoms. The van der Waals surface area contributed by atoms with Crippen molar-refractivity contribution in [3.05, 3.63) is 52.2 Å². The van der Waals surface area contributed by atoms with Gasteiger partial charge in [0.1, 0.15) is 0 Å². The monoisotopic (exact) mass is 325 g/mol. The first kappa shape index (κ1) is 14.7. The van der Waals surface area contributed by atoms with Crippen LogP contribution in [0.3, 0.4) is 0 Å². The van der Waals surface area contributed by atoms with Crippen LogP contribution in [0.15, 0.2) is 41.2 Å². The highest BCUT2D eigenvalue weighted by Gasteiger charge is 2.18. The number of aryl methyl sites for hydroxylation is 1. The molecule has 0 aliphatic carbocycles. The van der Waals surface area contributed by atoms with Crippen LogP contribution in [0, 0.1) is 6.92 Å². The number of rotatable bonds is 1. The lowest BCUT2D eigenvalue weighted by Gasteiger charge is -2.33. The van der Waals surface area contributed by atoms with Crippen molar-refractivity contribution >= 4 is 37.2 Å². The van der Waals surface area contributed by atoms with Gasteiger partial charge in [-0.25, -0.2) is 0 Å². The average molecular weight is 325 g/mol. The van der Waals surface area contributed by atoms with Gasteiger partial charge in [-0.05, 0) is 43.7 Å². The molecule has 1 aliphatic heterocycles. The standard InChI is InChI=1S/C19H19NO2S/c1-12-4-3-5-16-18(12)19(21)15-7-6-14(10-17(15)23-16)20-8-9-22-13(2)11-20/h3-7,10,13H,8-9,11H2,1-2H3. The van der Waals surface area contributed by atoms with E-state index in [4.69, 9.17) is 4.74 Å². The molecule has 0 N–H and O–H groups in total. The van der Waals surface area contributed by atoms with Crippen LogP contribution in [0.1, 0.15) is 12.5 Å². The summed E-state index contributed by atoms with van der Waals surface area (Å²) in [5, 5.41) is 1.68. The van der Waals surface area contributed by atoms with E-state index in [0.717, 1.165) is 45.4 Å². The second-order valence-corrected chi connectivity index (χ2v) is 7.27. The van der Waals surface area contributed by atoms with Gasteiger partial charge in [-0.15, -0.1) is 11.3 Å². The number of ether oxygens (including phenoxy) is 1. The Morgan fingerprint density at radius 1 is 1.22 bits per heavy atom. The Bertz CT molecular complexity index is 947. The normalized spacial score (nSPS) is 18.7. The third kappa shape index (κ3) is 2.52. The van der Waals surface area contributed by atoms with Gasteiger partial charge in [0.05, 0.1) is 12.7 Å². The molecule has 0 radical (unpaired) electrons. The maximum atomic E-state index is 12.8. The minimum atomic E-state index is 0.147. The van der Waals surface area contributed by atoms with E-state index < -0.39 is 0 Å². The Morgan fingerprint density at radius 2 is 2.09 bits per heavy atom. The van der Waals surface area contributed by atoms with E-state index in [1.807, 2.05) is 31.2 Å². The number of nitrogens with zero attached hydrogens (tertiary/aromatic N) is 1. The molecule has 4 heteroatoms. The Labute approximate surface area is 139 Å². The van der Waals surface area contributed by atoms with Gasteiger partial charge < -0.3 is 9.64 Å². The Kier molecular flexibility index (Phi) is 3.58. The molecule has 4 rings (SSSR count). The summed E-state index contributed by atoms with van der Waals surface area (Å²) in [5.41, 5.74) is 2.38. The van der Waals surface area contributed by atoms with Crippen LogP contribution in [0.4, 0.5) is 5.69 Å². The van der Waals surface area contributed by atoms with Crippen LogP contribution < -0.4 is 10.3 Å². The van der Waals surface area contributed by atoms with Crippen molar-refractivity contribution in [2.45, 2.75) is 20.0 Å². The smallest absolute Gasteiger partial charge is 0.196 e. The molecule has 3 nitrogen and oxygen atoms in total. The third-order valence-corrected chi connectivity index (χ3v) is 5.62. The van der Waals surface area contributed by atoms with Gasteiger partial charge >= 0.3 is 0 Å². The predicted molar refractivity (Wildman–Crippen MR) is 98.0 cm³/mol. The maximum Gasteiger partial charge on any atom is 0.196 e. The number of hydrogen-bond acceptors (Lipinski definition) is 4. The van der Waals surface area contributed by atoms with Gasteiger partial charge in [-0.3, -0.25) is 4.79 Å². The number of anilines is 1. The first-order valence-electron chi connectivity index (χ1n) is 7.96. The summed E-state index contributed by atoms with van der Waals surface area (Å²) in [6.45, 7) is 6.66. The molecule has 1 aliphatic rings. The second kappa shape index (κ2) is 5.62. The molecule has 2 heterocycles. The largest absolute Gasteiger partial charge is 0.375 e. The fraction of sp³-hybridized carbons (Fsp3) is 0.316. The second-order valence-electron chi connectivity index (χ2n) is 6.19. The van der Waals surface area contributed by atoms with Crippen molar-refractivity contribution in [3.63, 3.8) is 0 Å². The molecule has 0 spiro atoms. The molecule has 2 aromatic carbocycles. The van der Waals surface area contributed by atoms with Crippen molar-refractivity contribution < 1.29 is 4.74 Å². The van der Waals surface area contributed by atoms with Crippen molar-refractivity contribution in [2.75, 3.05) is 24.6 Å². The van der Waals surface area contributed by atoms with Gasteiger partial charge in [0.25, 0.3) is 0 Å². The number of morpholine rings is 1. The summed E-state index contributed by atoms with van der Waals surface area (Å²) in [6.07, 6.45) is 0.248. The summed E-state index contributed by atoms with van der Waals surface area (Å²) in [5.74, 6) is 0. The zero-order valence-corrected chi connectivity index (χ0v) is 14.2. The SMILES string of the molecule is Cc1cccc2sc3cc(N4CCOC(C)C4)ccc3c(=O)c12. The summed E-state index contributed by atoms with van der Waals surface area (Å²) >= 11 is 1.70. The van der Waals surface area contributed by atoms with Gasteiger partial charge in [0, 0.05) is 38.9 Å². The number of fused-ring (bicyclic) bond motifs is 2. The van der Waals surface area contributed by atoms with Gasteiger partial charge in [-0.1, -0.05) is 12.1 Å². The molecule has 1 fully saturated rings. The highest BCUT2D eigenvalue weighted by Crippen LogP contribution is 2.30. The Hall–Kier alpha value is -1.91. The molecule has 1 aromatic heterocycles. The zero-order valence-electron chi connectivity index (χ0n) is 13.3. The fourth-order valence-corrected chi connectivity index (χ4v) is 4.49. The lowest BCUT2D eigenvalue weighted by Crippen LogP contribution is -2.41. The van der Waals surface area contributed by atoms with E-state index in [1.54, 1.807) is 11.3 Å². The van der Waals surface area contributed by atoms with E-state index in [9.17, 15) is 4.79 Å². The molecular weight excluding hydrogens is 306 g/mol. The van der Waals surface area contributed by atoms with Crippen molar-refractivity contribution in [1.82, 2.24) is 0 Å². The summed E-state index contributed by atoms with van der Waals surface area (Å²) in [6, 6.07) is 12.3. The minimum Gasteiger partial charge on any atom is -0.375 e. The van der Waals surface area contributed by atoms with Gasteiger partial charge in [0.2, 0.25) is 0 Å². The topological polar surface area (TPSA) is 29.5 Å². The molecule has 118 valence electrons. The summed E-state index contributed by atoms with van der Waals surface area (Å²) in [4.78, 5) is 15.2. The van der Waals surface area contributed by atoms with E-state index in [0.29, 0.717) is 0 Å². The minimum absolute atomic E-state index is 0.147. The molecule has 0 amide bonds. The Morgan fingerprint density at radius 3 is 2.91 bits per heavy atom. The molecule has 0 saturated carbocycles. The molecule has 1 unspecified atom stereocenters. The van der Waals surface area contributed by atoms with Crippen molar-refractivity contribution in [2.24, 2.45) is 0 Å². The first-order chi connectivity index (χ1) is 11.1. The molecule has 0 bridgehead atoms. The van der Waals surface area contributed by atoms with Crippen LogP contribution in [0.25, 0.3) is 20.2 Å². The highest BCUT2D eigenvalue weighted by atomic mass is 32.1. The van der Waals surface area contributed by atoms with E-state index in [-0.39, 0.29) is 11.5 Å². The van der Waals surface area contributed by atoms with E-state index in [2.05, 4.69) is 24.0 Å². The molecule has 1 atom stereocenters. The summed E-state index contributed by atoms with van der Waals surface area (Å²) < 4.78 is 7.74. The van der Waals surface area contributed by atoms with Gasteiger partial charge in [-0.2, -0.15) is 0 Å². The maximum absolute atomic E-state index is 12.8.